The van der Waals surface area contributed by atoms with Gasteiger partial charge in [0.05, 0.1) is 18.5 Å². The fraction of sp³-hybridized carbons (Fsp3) is 0.421. The molecule has 0 unspecified atom stereocenters. The number of amides is 3. The quantitative estimate of drug-likeness (QED) is 0.789. The van der Waals surface area contributed by atoms with Crippen molar-refractivity contribution >= 4 is 34.5 Å². The zero-order valence-electron chi connectivity index (χ0n) is 14.9. The van der Waals surface area contributed by atoms with Crippen molar-refractivity contribution in [3.63, 3.8) is 0 Å². The van der Waals surface area contributed by atoms with Crippen molar-refractivity contribution in [1.82, 2.24) is 15.2 Å². The topological polar surface area (TPSA) is 87.5 Å². The molecular weight excluding hydrogens is 364 g/mol. The van der Waals surface area contributed by atoms with Crippen LogP contribution in [-0.2, 0) is 17.8 Å². The van der Waals surface area contributed by atoms with Gasteiger partial charge < -0.3 is 14.6 Å². The van der Waals surface area contributed by atoms with Crippen molar-refractivity contribution in [3.8, 4) is 0 Å². The lowest BCUT2D eigenvalue weighted by atomic mass is 10.2. The van der Waals surface area contributed by atoms with Gasteiger partial charge in [0.25, 0.3) is 0 Å². The first kappa shape index (κ1) is 17.8. The lowest BCUT2D eigenvalue weighted by Crippen LogP contribution is -2.36. The van der Waals surface area contributed by atoms with Crippen molar-refractivity contribution < 1.29 is 14.0 Å². The second-order valence-corrected chi connectivity index (χ2v) is 7.91. The van der Waals surface area contributed by atoms with Crippen molar-refractivity contribution in [3.05, 3.63) is 40.8 Å². The number of carbonyl (C=O) groups is 2. The molecule has 0 saturated heterocycles. The summed E-state index contributed by atoms with van der Waals surface area (Å²) in [5.74, 6) is 0.595. The predicted octanol–water partition coefficient (Wildman–Crippen LogP) is 3.40. The third kappa shape index (κ3) is 4.39. The Labute approximate surface area is 161 Å². The molecule has 2 aliphatic rings. The number of nitrogens with zero attached hydrogens (tertiary/aromatic N) is 2. The molecule has 1 aliphatic heterocycles. The summed E-state index contributed by atoms with van der Waals surface area (Å²) in [7, 11) is 0. The number of furan rings is 1. The van der Waals surface area contributed by atoms with Crippen LogP contribution < -0.4 is 10.6 Å². The summed E-state index contributed by atoms with van der Waals surface area (Å²) in [4.78, 5) is 31.8. The standard InChI is InChI=1S/C19H22N4O3S/c24-17(8-7-14-6-3-11-26-14)23-10-9-15-16(12-23)27-19(21-15)22-18(25)20-13-4-1-2-5-13/h3,6-8,11,13H,1-2,4-5,9-10,12H2,(H2,20,21,22,25)/b8-7+. The fourth-order valence-corrected chi connectivity index (χ4v) is 4.49. The minimum absolute atomic E-state index is 0.0565. The lowest BCUT2D eigenvalue weighted by molar-refractivity contribution is -0.126. The van der Waals surface area contributed by atoms with Gasteiger partial charge in [0.1, 0.15) is 5.76 Å². The van der Waals surface area contributed by atoms with Gasteiger partial charge in [-0.05, 0) is 31.1 Å². The van der Waals surface area contributed by atoms with Gasteiger partial charge in [0.2, 0.25) is 5.91 Å². The van der Waals surface area contributed by atoms with E-state index in [2.05, 4.69) is 15.6 Å². The van der Waals surface area contributed by atoms with Gasteiger partial charge in [-0.2, -0.15) is 0 Å². The highest BCUT2D eigenvalue weighted by Crippen LogP contribution is 2.28. The molecular formula is C19H22N4O3S. The van der Waals surface area contributed by atoms with Gasteiger partial charge in [0, 0.05) is 30.0 Å². The van der Waals surface area contributed by atoms with Crippen LogP contribution in [0.5, 0.6) is 0 Å². The first-order valence-electron chi connectivity index (χ1n) is 9.24. The van der Waals surface area contributed by atoms with Crippen LogP contribution in [0.25, 0.3) is 6.08 Å². The molecule has 0 spiro atoms. The molecule has 7 nitrogen and oxygen atoms in total. The molecule has 1 aliphatic carbocycles. The third-order valence-corrected chi connectivity index (χ3v) is 5.88. The van der Waals surface area contributed by atoms with Crippen LogP contribution in [0.2, 0.25) is 0 Å². The highest BCUT2D eigenvalue weighted by molar-refractivity contribution is 7.15. The molecule has 1 saturated carbocycles. The molecule has 142 valence electrons. The molecule has 8 heteroatoms. The number of nitrogens with one attached hydrogen (secondary N) is 2. The average molecular weight is 386 g/mol. The molecule has 0 radical (unpaired) electrons. The summed E-state index contributed by atoms with van der Waals surface area (Å²) in [6.07, 6.45) is 9.91. The van der Waals surface area contributed by atoms with E-state index in [1.807, 2.05) is 0 Å². The van der Waals surface area contributed by atoms with Crippen molar-refractivity contribution in [2.75, 3.05) is 11.9 Å². The number of carbonyl (C=O) groups excluding carboxylic acids is 2. The number of anilines is 1. The van der Waals surface area contributed by atoms with Crippen LogP contribution in [0.1, 0.15) is 42.0 Å². The summed E-state index contributed by atoms with van der Waals surface area (Å²) < 4.78 is 5.20. The number of urea groups is 1. The Morgan fingerprint density at radius 2 is 2.19 bits per heavy atom. The maximum absolute atomic E-state index is 12.4. The number of hydrogen-bond acceptors (Lipinski definition) is 5. The zero-order valence-corrected chi connectivity index (χ0v) is 15.8. The van der Waals surface area contributed by atoms with Crippen LogP contribution in [-0.4, -0.2) is 34.4 Å². The van der Waals surface area contributed by atoms with Crippen molar-refractivity contribution in [1.29, 1.82) is 0 Å². The van der Waals surface area contributed by atoms with Crippen LogP contribution in [0.3, 0.4) is 0 Å². The smallest absolute Gasteiger partial charge is 0.321 e. The summed E-state index contributed by atoms with van der Waals surface area (Å²) in [5.41, 5.74) is 0.968. The summed E-state index contributed by atoms with van der Waals surface area (Å²) in [6, 6.07) is 3.66. The van der Waals surface area contributed by atoms with E-state index in [1.54, 1.807) is 29.4 Å². The molecule has 2 aromatic rings. The van der Waals surface area contributed by atoms with E-state index in [0.717, 1.165) is 23.4 Å². The van der Waals surface area contributed by atoms with E-state index in [9.17, 15) is 9.59 Å². The van der Waals surface area contributed by atoms with Gasteiger partial charge in [-0.1, -0.05) is 24.2 Å². The number of thiazole rings is 1. The average Bonchev–Trinajstić information content (AvgIpc) is 3.40. The largest absolute Gasteiger partial charge is 0.465 e. The van der Waals surface area contributed by atoms with E-state index < -0.39 is 0 Å². The van der Waals surface area contributed by atoms with Crippen LogP contribution >= 0.6 is 11.3 Å². The molecule has 2 aromatic heterocycles. The van der Waals surface area contributed by atoms with E-state index in [4.69, 9.17) is 4.42 Å². The summed E-state index contributed by atoms with van der Waals surface area (Å²) in [6.45, 7) is 1.13. The highest BCUT2D eigenvalue weighted by atomic mass is 32.1. The van der Waals surface area contributed by atoms with Gasteiger partial charge in [-0.25, -0.2) is 9.78 Å². The van der Waals surface area contributed by atoms with Crippen LogP contribution in [0.15, 0.2) is 28.9 Å². The highest BCUT2D eigenvalue weighted by Gasteiger charge is 2.24. The molecule has 3 heterocycles. The van der Waals surface area contributed by atoms with Crippen molar-refractivity contribution in [2.24, 2.45) is 0 Å². The SMILES string of the molecule is O=C(Nc1nc2c(s1)CN(C(=O)/C=C/c1ccco1)CC2)NC1CCCC1. The Kier molecular flexibility index (Phi) is 5.24. The van der Waals surface area contributed by atoms with Crippen LogP contribution in [0, 0.1) is 0 Å². The van der Waals surface area contributed by atoms with E-state index in [1.165, 1.54) is 30.3 Å². The molecule has 2 N–H and O–H groups in total. The first-order valence-corrected chi connectivity index (χ1v) is 10.1. The monoisotopic (exact) mass is 386 g/mol. The Morgan fingerprint density at radius 3 is 2.96 bits per heavy atom. The Hall–Kier alpha value is -2.61. The lowest BCUT2D eigenvalue weighted by Gasteiger charge is -2.24. The second-order valence-electron chi connectivity index (χ2n) is 6.83. The minimum atomic E-state index is -0.192. The predicted molar refractivity (Wildman–Crippen MR) is 103 cm³/mol. The number of fused-ring (bicyclic) bond motifs is 1. The maximum atomic E-state index is 12.4. The van der Waals surface area contributed by atoms with Gasteiger partial charge >= 0.3 is 6.03 Å². The molecule has 4 rings (SSSR count). The number of aromatic nitrogens is 1. The number of hydrogen-bond donors (Lipinski definition) is 2. The van der Waals surface area contributed by atoms with Gasteiger partial charge in [-0.3, -0.25) is 10.1 Å². The Balaban J connectivity index is 1.34. The summed E-state index contributed by atoms with van der Waals surface area (Å²) in [5, 5.41) is 6.43. The molecule has 0 aromatic carbocycles. The van der Waals surface area contributed by atoms with Gasteiger partial charge in [0.15, 0.2) is 5.13 Å². The Morgan fingerprint density at radius 1 is 1.33 bits per heavy atom. The third-order valence-electron chi connectivity index (χ3n) is 4.89. The summed E-state index contributed by atoms with van der Waals surface area (Å²) >= 11 is 1.44. The normalized spacial score (nSPS) is 17.3. The van der Waals surface area contributed by atoms with E-state index in [-0.39, 0.29) is 18.0 Å². The molecule has 0 bridgehead atoms. The van der Waals surface area contributed by atoms with Crippen LogP contribution in [0.4, 0.5) is 9.93 Å². The molecule has 1 fully saturated rings. The second kappa shape index (κ2) is 7.96. The maximum Gasteiger partial charge on any atom is 0.321 e. The Bertz CT molecular complexity index is 837. The zero-order chi connectivity index (χ0) is 18.6. The first-order chi connectivity index (χ1) is 13.2. The fourth-order valence-electron chi connectivity index (χ4n) is 3.47. The molecule has 27 heavy (non-hydrogen) atoms. The van der Waals surface area contributed by atoms with Gasteiger partial charge in [-0.15, -0.1) is 0 Å². The minimum Gasteiger partial charge on any atom is -0.465 e. The van der Waals surface area contributed by atoms with E-state index in [0.29, 0.717) is 30.4 Å². The molecule has 3 amide bonds. The molecule has 0 atom stereocenters. The number of rotatable bonds is 4. The van der Waals surface area contributed by atoms with Crippen molar-refractivity contribution in [2.45, 2.75) is 44.7 Å². The van der Waals surface area contributed by atoms with E-state index >= 15 is 0 Å².